The molecule has 116 valence electrons. The lowest BCUT2D eigenvalue weighted by atomic mass is 10.1. The van der Waals surface area contributed by atoms with Crippen molar-refractivity contribution in [2.75, 3.05) is 18.8 Å². The van der Waals surface area contributed by atoms with Gasteiger partial charge in [-0.3, -0.25) is 0 Å². The molecule has 0 unspecified atom stereocenters. The smallest absolute Gasteiger partial charge is 0.179 e. The maximum atomic E-state index is 12.2. The van der Waals surface area contributed by atoms with Crippen LogP contribution in [-0.2, 0) is 9.84 Å². The lowest BCUT2D eigenvalue weighted by Gasteiger charge is -2.10. The van der Waals surface area contributed by atoms with E-state index >= 15 is 0 Å². The highest BCUT2D eigenvalue weighted by Crippen LogP contribution is 2.43. The minimum Gasteiger partial charge on any atom is -0.409 e. The number of nitrogens with one attached hydrogen (secondary N) is 1. The van der Waals surface area contributed by atoms with Crippen LogP contribution in [0, 0.1) is 5.41 Å². The summed E-state index contributed by atoms with van der Waals surface area (Å²) < 4.78 is 24.3. The zero-order chi connectivity index (χ0) is 15.5. The molecule has 0 atom stereocenters. The SMILES string of the molecule is CC1(CNCCS(=O)(=O)c2ccc(/C(N)=N/O)cc2)CC1. The molecule has 0 heterocycles. The second kappa shape index (κ2) is 6.03. The van der Waals surface area contributed by atoms with E-state index in [9.17, 15) is 8.42 Å². The predicted octanol–water partition coefficient (Wildman–Crippen LogP) is 0.945. The third-order valence-electron chi connectivity index (χ3n) is 3.82. The van der Waals surface area contributed by atoms with Crippen molar-refractivity contribution in [3.05, 3.63) is 29.8 Å². The van der Waals surface area contributed by atoms with E-state index in [1.807, 2.05) is 0 Å². The van der Waals surface area contributed by atoms with Crippen molar-refractivity contribution in [3.63, 3.8) is 0 Å². The van der Waals surface area contributed by atoms with Gasteiger partial charge in [-0.1, -0.05) is 12.1 Å². The first-order chi connectivity index (χ1) is 9.86. The van der Waals surface area contributed by atoms with Crippen molar-refractivity contribution < 1.29 is 13.6 Å². The number of amidine groups is 1. The van der Waals surface area contributed by atoms with Crippen molar-refractivity contribution in [2.45, 2.75) is 24.7 Å². The van der Waals surface area contributed by atoms with Crippen LogP contribution in [0.25, 0.3) is 0 Å². The molecule has 0 aliphatic heterocycles. The summed E-state index contributed by atoms with van der Waals surface area (Å²) in [5.74, 6) is 0.0183. The van der Waals surface area contributed by atoms with Crippen molar-refractivity contribution >= 4 is 15.7 Å². The Hall–Kier alpha value is -1.60. The van der Waals surface area contributed by atoms with Gasteiger partial charge in [0, 0.05) is 18.7 Å². The zero-order valence-corrected chi connectivity index (χ0v) is 12.9. The summed E-state index contributed by atoms with van der Waals surface area (Å²) >= 11 is 0. The second-order valence-electron chi connectivity index (χ2n) is 5.82. The Morgan fingerprint density at radius 3 is 2.52 bits per heavy atom. The molecule has 0 aromatic heterocycles. The van der Waals surface area contributed by atoms with Crippen LogP contribution < -0.4 is 11.1 Å². The molecule has 1 aliphatic carbocycles. The van der Waals surface area contributed by atoms with Crippen LogP contribution in [0.4, 0.5) is 0 Å². The lowest BCUT2D eigenvalue weighted by Crippen LogP contribution is -2.27. The number of rotatable bonds is 7. The summed E-state index contributed by atoms with van der Waals surface area (Å²) in [7, 11) is -3.31. The molecule has 2 rings (SSSR count). The molecule has 21 heavy (non-hydrogen) atoms. The van der Waals surface area contributed by atoms with Crippen LogP contribution in [0.1, 0.15) is 25.3 Å². The molecule has 1 aromatic rings. The highest BCUT2D eigenvalue weighted by Gasteiger charge is 2.36. The van der Waals surface area contributed by atoms with Crippen LogP contribution in [0.2, 0.25) is 0 Å². The van der Waals surface area contributed by atoms with Crippen molar-refractivity contribution in [2.24, 2.45) is 16.3 Å². The van der Waals surface area contributed by atoms with Crippen molar-refractivity contribution in [1.82, 2.24) is 5.32 Å². The fourth-order valence-corrected chi connectivity index (χ4v) is 3.20. The molecule has 0 amide bonds. The fourth-order valence-electron chi connectivity index (χ4n) is 2.00. The average molecular weight is 311 g/mol. The van der Waals surface area contributed by atoms with Gasteiger partial charge < -0.3 is 16.3 Å². The first-order valence-electron chi connectivity index (χ1n) is 6.88. The van der Waals surface area contributed by atoms with Crippen molar-refractivity contribution in [1.29, 1.82) is 0 Å². The summed E-state index contributed by atoms with van der Waals surface area (Å²) in [5, 5.41) is 14.6. The van der Waals surface area contributed by atoms with Gasteiger partial charge in [-0.25, -0.2) is 8.42 Å². The highest BCUT2D eigenvalue weighted by atomic mass is 32.2. The molecule has 0 radical (unpaired) electrons. The van der Waals surface area contributed by atoms with Gasteiger partial charge in [0.15, 0.2) is 15.7 Å². The molecule has 0 spiro atoms. The van der Waals surface area contributed by atoms with Crippen LogP contribution in [-0.4, -0.2) is 38.3 Å². The largest absolute Gasteiger partial charge is 0.409 e. The number of hydrogen-bond donors (Lipinski definition) is 3. The van der Waals surface area contributed by atoms with Gasteiger partial charge >= 0.3 is 0 Å². The summed E-state index contributed by atoms with van der Waals surface area (Å²) in [6.07, 6.45) is 2.42. The molecule has 7 heteroatoms. The lowest BCUT2D eigenvalue weighted by molar-refractivity contribution is 0.318. The Kier molecular flexibility index (Phi) is 4.53. The summed E-state index contributed by atoms with van der Waals surface area (Å²) in [6, 6.07) is 6.01. The van der Waals surface area contributed by atoms with E-state index in [2.05, 4.69) is 17.4 Å². The van der Waals surface area contributed by atoms with E-state index in [0.29, 0.717) is 17.5 Å². The molecule has 4 N–H and O–H groups in total. The maximum Gasteiger partial charge on any atom is 0.179 e. The number of nitrogens with zero attached hydrogens (tertiary/aromatic N) is 1. The Balaban J connectivity index is 1.92. The monoisotopic (exact) mass is 311 g/mol. The number of hydrogen-bond acceptors (Lipinski definition) is 5. The number of nitrogens with two attached hydrogens (primary N) is 1. The Morgan fingerprint density at radius 1 is 1.38 bits per heavy atom. The Labute approximate surface area is 125 Å². The topological polar surface area (TPSA) is 105 Å². The van der Waals surface area contributed by atoms with Gasteiger partial charge in [-0.15, -0.1) is 0 Å². The van der Waals surface area contributed by atoms with E-state index in [4.69, 9.17) is 10.9 Å². The maximum absolute atomic E-state index is 12.2. The third-order valence-corrected chi connectivity index (χ3v) is 5.55. The predicted molar refractivity (Wildman–Crippen MR) is 81.2 cm³/mol. The number of oxime groups is 1. The summed E-state index contributed by atoms with van der Waals surface area (Å²) in [5.41, 5.74) is 6.29. The third kappa shape index (κ3) is 4.18. The van der Waals surface area contributed by atoms with Gasteiger partial charge in [0.05, 0.1) is 10.6 Å². The fraction of sp³-hybridized carbons (Fsp3) is 0.500. The minimum atomic E-state index is -3.31. The number of benzene rings is 1. The minimum absolute atomic E-state index is 0.0432. The van der Waals surface area contributed by atoms with Crippen LogP contribution in [0.3, 0.4) is 0 Å². The van der Waals surface area contributed by atoms with Gasteiger partial charge in [0.1, 0.15) is 0 Å². The molecule has 0 bridgehead atoms. The number of sulfone groups is 1. The normalized spacial score (nSPS) is 17.7. The summed E-state index contributed by atoms with van der Waals surface area (Å²) in [6.45, 7) is 3.51. The molecule has 1 aliphatic rings. The van der Waals surface area contributed by atoms with E-state index in [0.717, 1.165) is 6.54 Å². The second-order valence-corrected chi connectivity index (χ2v) is 7.93. The van der Waals surface area contributed by atoms with Gasteiger partial charge in [0.25, 0.3) is 0 Å². The van der Waals surface area contributed by atoms with E-state index in [-0.39, 0.29) is 16.5 Å². The van der Waals surface area contributed by atoms with Crippen molar-refractivity contribution in [3.8, 4) is 0 Å². The highest BCUT2D eigenvalue weighted by molar-refractivity contribution is 7.91. The Bertz CT molecular complexity index is 619. The molecule has 0 saturated heterocycles. The first-order valence-corrected chi connectivity index (χ1v) is 8.53. The average Bonchev–Trinajstić information content (AvgIpc) is 3.21. The quantitative estimate of drug-likeness (QED) is 0.228. The van der Waals surface area contributed by atoms with E-state index < -0.39 is 9.84 Å². The summed E-state index contributed by atoms with van der Waals surface area (Å²) in [4.78, 5) is 0.247. The van der Waals surface area contributed by atoms with Gasteiger partial charge in [0.2, 0.25) is 0 Å². The van der Waals surface area contributed by atoms with Crippen LogP contribution >= 0.6 is 0 Å². The van der Waals surface area contributed by atoms with E-state index in [1.54, 1.807) is 0 Å². The van der Waals surface area contributed by atoms with Gasteiger partial charge in [-0.05, 0) is 42.5 Å². The zero-order valence-electron chi connectivity index (χ0n) is 12.0. The van der Waals surface area contributed by atoms with Crippen LogP contribution in [0.15, 0.2) is 34.3 Å². The first kappa shape index (κ1) is 15.8. The van der Waals surface area contributed by atoms with Crippen LogP contribution in [0.5, 0.6) is 0 Å². The molecule has 6 nitrogen and oxygen atoms in total. The van der Waals surface area contributed by atoms with E-state index in [1.165, 1.54) is 37.1 Å². The molecule has 1 saturated carbocycles. The standard InChI is InChI=1S/C14H21N3O3S/c1-14(6-7-14)10-16-8-9-21(19,20)12-4-2-11(3-5-12)13(15)17-18/h2-5,16,18H,6-10H2,1H3,(H2,15,17). The Morgan fingerprint density at radius 2 is 2.00 bits per heavy atom. The molecular weight excluding hydrogens is 290 g/mol. The van der Waals surface area contributed by atoms with Gasteiger partial charge in [-0.2, -0.15) is 0 Å². The molecule has 1 fully saturated rings. The molecular formula is C14H21N3O3S. The molecule has 1 aromatic carbocycles.